The zero-order valence-electron chi connectivity index (χ0n) is 13.9. The molecule has 1 aromatic rings. The summed E-state index contributed by atoms with van der Waals surface area (Å²) in [5, 5.41) is 3.18. The lowest BCUT2D eigenvalue weighted by Gasteiger charge is -2.49. The van der Waals surface area contributed by atoms with Crippen molar-refractivity contribution in [2.24, 2.45) is 5.92 Å². The van der Waals surface area contributed by atoms with E-state index in [1.54, 1.807) is 11.3 Å². The van der Waals surface area contributed by atoms with Gasteiger partial charge in [-0.15, -0.1) is 11.3 Å². The van der Waals surface area contributed by atoms with Gasteiger partial charge in [-0.25, -0.2) is 4.98 Å². The number of rotatable bonds is 3. The quantitative estimate of drug-likeness (QED) is 0.848. The number of likely N-dealkylation sites (tertiary alicyclic amines) is 1. The minimum Gasteiger partial charge on any atom is -0.345 e. The van der Waals surface area contributed by atoms with Crippen LogP contribution in [0.15, 0.2) is 11.6 Å². The number of piperazine rings is 1. The molecule has 2 saturated heterocycles. The van der Waals surface area contributed by atoms with Gasteiger partial charge >= 0.3 is 0 Å². The number of nitrogens with zero attached hydrogens (tertiary/aromatic N) is 4. The Labute approximate surface area is 142 Å². The van der Waals surface area contributed by atoms with Gasteiger partial charge in [-0.05, 0) is 38.6 Å². The monoisotopic (exact) mass is 334 g/mol. The van der Waals surface area contributed by atoms with E-state index in [9.17, 15) is 4.79 Å². The molecular formula is C17H26N4OS. The molecule has 1 aliphatic carbocycles. The number of hydrogen-bond donors (Lipinski definition) is 0. The van der Waals surface area contributed by atoms with E-state index in [1.165, 1.54) is 12.8 Å². The molecule has 1 saturated carbocycles. The van der Waals surface area contributed by atoms with Crippen LogP contribution in [0.4, 0.5) is 5.13 Å². The van der Waals surface area contributed by atoms with E-state index in [4.69, 9.17) is 0 Å². The lowest BCUT2D eigenvalue weighted by atomic mass is 9.86. The van der Waals surface area contributed by atoms with Crippen molar-refractivity contribution >= 4 is 22.4 Å². The van der Waals surface area contributed by atoms with Gasteiger partial charge in [-0.3, -0.25) is 9.69 Å². The Bertz CT molecular complexity index is 559. The van der Waals surface area contributed by atoms with Gasteiger partial charge in [0.25, 0.3) is 0 Å². The summed E-state index contributed by atoms with van der Waals surface area (Å²) in [7, 11) is 2.24. The standard InChI is InChI=1S/C17H26N4OS/c1-19-9-10-21(16-18-7-11-23-16)13-17(19)5-4-15(22)20(8-6-17)12-14-2-3-14/h7,11,14H,2-6,8-10,12-13H2,1H3/t17-/m1/s1. The zero-order valence-corrected chi connectivity index (χ0v) is 14.7. The molecule has 6 heteroatoms. The van der Waals surface area contributed by atoms with Gasteiger partial charge < -0.3 is 9.80 Å². The summed E-state index contributed by atoms with van der Waals surface area (Å²) in [6.45, 7) is 5.00. The summed E-state index contributed by atoms with van der Waals surface area (Å²) in [5.41, 5.74) is 0.123. The van der Waals surface area contributed by atoms with E-state index in [2.05, 4.69) is 26.7 Å². The normalized spacial score (nSPS) is 30.0. The van der Waals surface area contributed by atoms with Crippen molar-refractivity contribution in [3.05, 3.63) is 11.6 Å². The molecule has 126 valence electrons. The highest BCUT2D eigenvalue weighted by Crippen LogP contribution is 2.36. The maximum Gasteiger partial charge on any atom is 0.222 e. The van der Waals surface area contributed by atoms with E-state index in [1.807, 2.05) is 11.6 Å². The largest absolute Gasteiger partial charge is 0.345 e. The molecule has 5 nitrogen and oxygen atoms in total. The van der Waals surface area contributed by atoms with Gasteiger partial charge in [0.1, 0.15) is 0 Å². The highest BCUT2D eigenvalue weighted by atomic mass is 32.1. The Balaban J connectivity index is 1.49. The molecule has 1 amide bonds. The number of likely N-dealkylation sites (N-methyl/N-ethyl adjacent to an activating group) is 1. The SMILES string of the molecule is CN1CCN(c2nccs2)C[C@]12CCC(=O)N(CC1CC1)CC2. The van der Waals surface area contributed by atoms with E-state index in [0.717, 1.165) is 56.6 Å². The van der Waals surface area contributed by atoms with E-state index in [-0.39, 0.29) is 5.54 Å². The van der Waals surface area contributed by atoms with Crippen molar-refractivity contribution in [2.45, 2.75) is 37.6 Å². The number of carbonyl (C=O) groups is 1. The highest BCUT2D eigenvalue weighted by Gasteiger charge is 2.43. The maximum absolute atomic E-state index is 12.5. The minimum atomic E-state index is 0.123. The molecule has 0 N–H and O–H groups in total. The van der Waals surface area contributed by atoms with Crippen LogP contribution in [0.2, 0.25) is 0 Å². The van der Waals surface area contributed by atoms with Gasteiger partial charge in [0.05, 0.1) is 0 Å². The number of anilines is 1. The fourth-order valence-electron chi connectivity index (χ4n) is 4.03. The van der Waals surface area contributed by atoms with Crippen LogP contribution >= 0.6 is 11.3 Å². The average Bonchev–Trinajstić information content (AvgIpc) is 3.24. The minimum absolute atomic E-state index is 0.123. The summed E-state index contributed by atoms with van der Waals surface area (Å²) < 4.78 is 0. The molecule has 2 aliphatic heterocycles. The third kappa shape index (κ3) is 3.11. The zero-order chi connectivity index (χ0) is 15.9. The second kappa shape index (κ2) is 6.06. The van der Waals surface area contributed by atoms with Crippen LogP contribution in [0, 0.1) is 5.92 Å². The molecule has 4 rings (SSSR count). The number of amides is 1. The van der Waals surface area contributed by atoms with Crippen molar-refractivity contribution in [2.75, 3.05) is 44.7 Å². The summed E-state index contributed by atoms with van der Waals surface area (Å²) in [4.78, 5) is 24.1. The van der Waals surface area contributed by atoms with Crippen molar-refractivity contribution in [1.82, 2.24) is 14.8 Å². The van der Waals surface area contributed by atoms with Crippen LogP contribution in [-0.4, -0.2) is 66.0 Å². The van der Waals surface area contributed by atoms with Crippen molar-refractivity contribution in [3.8, 4) is 0 Å². The van der Waals surface area contributed by atoms with Crippen LogP contribution in [0.3, 0.4) is 0 Å². The van der Waals surface area contributed by atoms with Gasteiger partial charge in [-0.2, -0.15) is 0 Å². The first-order valence-corrected chi connectivity index (χ1v) is 9.68. The fourth-order valence-corrected chi connectivity index (χ4v) is 4.70. The molecule has 1 atom stereocenters. The second-order valence-electron chi connectivity index (χ2n) is 7.42. The van der Waals surface area contributed by atoms with Crippen molar-refractivity contribution in [3.63, 3.8) is 0 Å². The van der Waals surface area contributed by atoms with Crippen LogP contribution in [-0.2, 0) is 4.79 Å². The predicted molar refractivity (Wildman–Crippen MR) is 92.8 cm³/mol. The molecule has 0 radical (unpaired) electrons. The van der Waals surface area contributed by atoms with Crippen LogP contribution in [0.5, 0.6) is 0 Å². The van der Waals surface area contributed by atoms with Gasteiger partial charge in [0.15, 0.2) is 5.13 Å². The molecular weight excluding hydrogens is 308 g/mol. The Morgan fingerprint density at radius 1 is 1.30 bits per heavy atom. The highest BCUT2D eigenvalue weighted by molar-refractivity contribution is 7.13. The number of hydrogen-bond acceptors (Lipinski definition) is 5. The predicted octanol–water partition coefficient (Wildman–Crippen LogP) is 2.06. The maximum atomic E-state index is 12.5. The molecule has 0 unspecified atom stereocenters. The fraction of sp³-hybridized carbons (Fsp3) is 0.765. The van der Waals surface area contributed by atoms with Crippen molar-refractivity contribution < 1.29 is 4.79 Å². The molecule has 1 spiro atoms. The molecule has 1 aromatic heterocycles. The molecule has 3 heterocycles. The van der Waals surface area contributed by atoms with Gasteiger partial charge in [0.2, 0.25) is 5.91 Å². The summed E-state index contributed by atoms with van der Waals surface area (Å²) >= 11 is 1.72. The number of aromatic nitrogens is 1. The second-order valence-corrected chi connectivity index (χ2v) is 8.29. The first-order chi connectivity index (χ1) is 11.2. The average molecular weight is 334 g/mol. The van der Waals surface area contributed by atoms with Gasteiger partial charge in [0, 0.05) is 56.3 Å². The first-order valence-electron chi connectivity index (χ1n) is 8.80. The first kappa shape index (κ1) is 15.4. The third-order valence-corrected chi connectivity index (χ3v) is 6.70. The Morgan fingerprint density at radius 2 is 2.17 bits per heavy atom. The van der Waals surface area contributed by atoms with E-state index >= 15 is 0 Å². The van der Waals surface area contributed by atoms with Crippen molar-refractivity contribution in [1.29, 1.82) is 0 Å². The topological polar surface area (TPSA) is 39.7 Å². The van der Waals surface area contributed by atoms with Crippen LogP contribution in [0.1, 0.15) is 32.1 Å². The summed E-state index contributed by atoms with van der Waals surface area (Å²) in [6.07, 6.45) is 7.27. The third-order valence-electron chi connectivity index (χ3n) is 5.87. The van der Waals surface area contributed by atoms with Crippen LogP contribution < -0.4 is 4.90 Å². The lowest BCUT2D eigenvalue weighted by Crippen LogP contribution is -2.61. The smallest absolute Gasteiger partial charge is 0.222 e. The Kier molecular flexibility index (Phi) is 4.05. The van der Waals surface area contributed by atoms with E-state index in [0.29, 0.717) is 12.3 Å². The lowest BCUT2D eigenvalue weighted by molar-refractivity contribution is -0.130. The number of thiazole rings is 1. The van der Waals surface area contributed by atoms with Crippen LogP contribution in [0.25, 0.3) is 0 Å². The Hall–Kier alpha value is -1.14. The van der Waals surface area contributed by atoms with Gasteiger partial charge in [-0.1, -0.05) is 0 Å². The Morgan fingerprint density at radius 3 is 2.91 bits per heavy atom. The summed E-state index contributed by atoms with van der Waals surface area (Å²) in [5.74, 6) is 1.15. The molecule has 23 heavy (non-hydrogen) atoms. The summed E-state index contributed by atoms with van der Waals surface area (Å²) in [6, 6.07) is 0. The van der Waals surface area contributed by atoms with E-state index < -0.39 is 0 Å². The molecule has 3 aliphatic rings. The molecule has 3 fully saturated rings. The number of carbonyl (C=O) groups excluding carboxylic acids is 1. The molecule has 0 aromatic carbocycles. The molecule has 0 bridgehead atoms.